The maximum absolute atomic E-state index is 12.2. The molecule has 0 fully saturated rings. The molecule has 28 heavy (non-hydrogen) atoms. The van der Waals surface area contributed by atoms with Gasteiger partial charge in [0.25, 0.3) is 5.91 Å². The van der Waals surface area contributed by atoms with E-state index in [1.807, 2.05) is 0 Å². The van der Waals surface area contributed by atoms with E-state index in [2.05, 4.69) is 5.32 Å². The molecular weight excluding hydrogens is 408 g/mol. The van der Waals surface area contributed by atoms with Crippen molar-refractivity contribution in [2.24, 2.45) is 0 Å². The lowest BCUT2D eigenvalue weighted by Crippen LogP contribution is -2.23. The fraction of sp³-hybridized carbons (Fsp3) is 0.222. The van der Waals surface area contributed by atoms with E-state index in [1.54, 1.807) is 19.1 Å². The summed E-state index contributed by atoms with van der Waals surface area (Å²) in [6.07, 6.45) is 2.54. The van der Waals surface area contributed by atoms with Gasteiger partial charge in [0.15, 0.2) is 6.61 Å². The largest absolute Gasteiger partial charge is 0.462 e. The fourth-order valence-corrected chi connectivity index (χ4v) is 3.13. The summed E-state index contributed by atoms with van der Waals surface area (Å²) in [6.45, 7) is 1.20. The van der Waals surface area contributed by atoms with Crippen molar-refractivity contribution in [1.29, 1.82) is 0 Å². The van der Waals surface area contributed by atoms with Crippen LogP contribution < -0.4 is 5.32 Å². The molecule has 10 heteroatoms. The van der Waals surface area contributed by atoms with Crippen LogP contribution in [0.3, 0.4) is 0 Å². The number of anilines is 1. The van der Waals surface area contributed by atoms with E-state index in [0.29, 0.717) is 11.5 Å². The van der Waals surface area contributed by atoms with Crippen molar-refractivity contribution < 1.29 is 27.2 Å². The average molecular weight is 427 g/mol. The number of nitrogens with zero attached hydrogens (tertiary/aromatic N) is 1. The lowest BCUT2D eigenvalue weighted by molar-refractivity contribution is -0.142. The molecule has 0 aliphatic rings. The Balaban J connectivity index is 1.97. The van der Waals surface area contributed by atoms with Crippen molar-refractivity contribution in [3.63, 3.8) is 0 Å². The zero-order chi connectivity index (χ0) is 20.9. The highest BCUT2D eigenvalue weighted by atomic mass is 35.5. The molecule has 2 rings (SSSR count). The van der Waals surface area contributed by atoms with Crippen LogP contribution >= 0.6 is 11.6 Å². The Morgan fingerprint density at radius 3 is 2.57 bits per heavy atom. The third-order valence-corrected chi connectivity index (χ3v) is 5.62. The Bertz CT molecular complexity index is 1010. The number of carbonyl (C=O) groups excluding carboxylic acids is 2. The average Bonchev–Trinajstić information content (AvgIpc) is 3.05. The minimum absolute atomic E-state index is 0.0362. The highest BCUT2D eigenvalue weighted by Crippen LogP contribution is 2.26. The first-order valence-corrected chi connectivity index (χ1v) is 9.84. The van der Waals surface area contributed by atoms with Gasteiger partial charge in [-0.05, 0) is 43.3 Å². The molecule has 1 aromatic carbocycles. The van der Waals surface area contributed by atoms with Crippen LogP contribution in [0.1, 0.15) is 11.5 Å². The lowest BCUT2D eigenvalue weighted by atomic mass is 10.3. The summed E-state index contributed by atoms with van der Waals surface area (Å²) in [5.74, 6) is -0.233. The summed E-state index contributed by atoms with van der Waals surface area (Å²) < 4.78 is 35.5. The van der Waals surface area contributed by atoms with Gasteiger partial charge in [-0.2, -0.15) is 0 Å². The number of amides is 1. The first kappa shape index (κ1) is 21.7. The molecule has 8 nitrogen and oxygen atoms in total. The maximum atomic E-state index is 12.2. The summed E-state index contributed by atoms with van der Waals surface area (Å²) in [7, 11) is -0.913. The van der Waals surface area contributed by atoms with Gasteiger partial charge in [0.05, 0.1) is 15.6 Å². The van der Waals surface area contributed by atoms with Gasteiger partial charge in [0, 0.05) is 20.2 Å². The molecule has 0 saturated heterocycles. The number of benzene rings is 1. The molecule has 1 N–H and O–H groups in total. The summed E-state index contributed by atoms with van der Waals surface area (Å²) in [5.41, 5.74) is 0.0900. The molecule has 0 aliphatic carbocycles. The van der Waals surface area contributed by atoms with Gasteiger partial charge in [-0.15, -0.1) is 0 Å². The van der Waals surface area contributed by atoms with Crippen LogP contribution in [0.15, 0.2) is 45.7 Å². The van der Waals surface area contributed by atoms with E-state index in [0.717, 1.165) is 10.4 Å². The van der Waals surface area contributed by atoms with Gasteiger partial charge < -0.3 is 14.5 Å². The molecule has 0 bridgehead atoms. The zero-order valence-corrected chi connectivity index (χ0v) is 17.0. The predicted molar refractivity (Wildman–Crippen MR) is 104 cm³/mol. The van der Waals surface area contributed by atoms with Crippen molar-refractivity contribution in [2.45, 2.75) is 11.8 Å². The fourth-order valence-electron chi connectivity index (χ4n) is 2.04. The van der Waals surface area contributed by atoms with E-state index >= 15 is 0 Å². The molecule has 0 aliphatic heterocycles. The number of carbonyl (C=O) groups is 2. The number of sulfonamides is 1. The third-order valence-electron chi connectivity index (χ3n) is 3.48. The number of aryl methyl sites for hydroxylation is 1. The number of nitrogens with one attached hydrogen (secondary N) is 1. The molecule has 150 valence electrons. The normalized spacial score (nSPS) is 11.8. The minimum atomic E-state index is -3.69. The number of esters is 1. The molecule has 0 atom stereocenters. The second kappa shape index (κ2) is 9.05. The van der Waals surface area contributed by atoms with Crippen LogP contribution in [0.5, 0.6) is 0 Å². The van der Waals surface area contributed by atoms with E-state index in [1.165, 1.54) is 38.4 Å². The standard InChI is InChI=1S/C18H19ClN2O6S/c1-12-4-5-13(27-12)6-9-18(23)26-11-17(22)20-16-10-14(7-8-15(16)19)28(24,25)21(2)3/h4-10H,11H2,1-3H3,(H,20,22). The summed E-state index contributed by atoms with van der Waals surface area (Å²) in [6, 6.07) is 7.34. The van der Waals surface area contributed by atoms with Gasteiger partial charge in [-0.1, -0.05) is 11.6 Å². The highest BCUT2D eigenvalue weighted by molar-refractivity contribution is 7.89. The zero-order valence-electron chi connectivity index (χ0n) is 15.4. The number of halogens is 1. The highest BCUT2D eigenvalue weighted by Gasteiger charge is 2.19. The number of ether oxygens (including phenoxy) is 1. The van der Waals surface area contributed by atoms with Gasteiger partial charge in [0.2, 0.25) is 10.0 Å². The van der Waals surface area contributed by atoms with Crippen molar-refractivity contribution >= 4 is 45.3 Å². The van der Waals surface area contributed by atoms with Crippen LogP contribution in [0.4, 0.5) is 5.69 Å². The first-order chi connectivity index (χ1) is 13.1. The van der Waals surface area contributed by atoms with Crippen LogP contribution in [0, 0.1) is 6.92 Å². The Labute approximate surface area is 167 Å². The Hall–Kier alpha value is -2.62. The monoisotopic (exact) mass is 426 g/mol. The van der Waals surface area contributed by atoms with Crippen LogP contribution in [-0.4, -0.2) is 45.3 Å². The van der Waals surface area contributed by atoms with Crippen molar-refractivity contribution in [1.82, 2.24) is 4.31 Å². The number of rotatable bonds is 7. The Kier molecular flexibility index (Phi) is 7.00. The Morgan fingerprint density at radius 1 is 1.25 bits per heavy atom. The number of hydrogen-bond acceptors (Lipinski definition) is 6. The van der Waals surface area contributed by atoms with Crippen molar-refractivity contribution in [3.05, 3.63) is 53.0 Å². The summed E-state index contributed by atoms with van der Waals surface area (Å²) in [5, 5.41) is 2.56. The molecule has 1 amide bonds. The second-order valence-corrected chi connectivity index (χ2v) is 8.43. The van der Waals surface area contributed by atoms with Crippen LogP contribution in [0.25, 0.3) is 6.08 Å². The van der Waals surface area contributed by atoms with Gasteiger partial charge in [-0.3, -0.25) is 4.79 Å². The molecular formula is C18H19ClN2O6S. The Morgan fingerprint density at radius 2 is 1.96 bits per heavy atom. The molecule has 0 unspecified atom stereocenters. The molecule has 0 radical (unpaired) electrons. The molecule has 2 aromatic rings. The van der Waals surface area contributed by atoms with Crippen molar-refractivity contribution in [3.8, 4) is 0 Å². The second-order valence-electron chi connectivity index (χ2n) is 5.87. The molecule has 1 aromatic heterocycles. The maximum Gasteiger partial charge on any atom is 0.331 e. The predicted octanol–water partition coefficient (Wildman–Crippen LogP) is 2.69. The third kappa shape index (κ3) is 5.69. The van der Waals surface area contributed by atoms with Gasteiger partial charge in [0.1, 0.15) is 11.5 Å². The molecule has 1 heterocycles. The summed E-state index contributed by atoms with van der Waals surface area (Å²) in [4.78, 5) is 23.6. The smallest absolute Gasteiger partial charge is 0.331 e. The number of hydrogen-bond donors (Lipinski definition) is 1. The van der Waals surface area contributed by atoms with Gasteiger partial charge >= 0.3 is 5.97 Å². The van der Waals surface area contributed by atoms with E-state index in [4.69, 9.17) is 20.8 Å². The van der Waals surface area contributed by atoms with Crippen LogP contribution in [0.2, 0.25) is 5.02 Å². The topological polar surface area (TPSA) is 106 Å². The first-order valence-electron chi connectivity index (χ1n) is 8.03. The number of furan rings is 1. The van der Waals surface area contributed by atoms with Gasteiger partial charge in [-0.25, -0.2) is 17.5 Å². The SMILES string of the molecule is Cc1ccc(C=CC(=O)OCC(=O)Nc2cc(S(=O)(=O)N(C)C)ccc2Cl)o1. The lowest BCUT2D eigenvalue weighted by Gasteiger charge is -2.13. The van der Waals surface area contributed by atoms with E-state index in [9.17, 15) is 18.0 Å². The van der Waals surface area contributed by atoms with E-state index in [-0.39, 0.29) is 15.6 Å². The van der Waals surface area contributed by atoms with E-state index < -0.39 is 28.5 Å². The van der Waals surface area contributed by atoms with Crippen LogP contribution in [-0.2, 0) is 24.3 Å². The summed E-state index contributed by atoms with van der Waals surface area (Å²) >= 11 is 6.00. The van der Waals surface area contributed by atoms with Crippen molar-refractivity contribution in [2.75, 3.05) is 26.0 Å². The molecule has 0 spiro atoms. The quantitative estimate of drug-likeness (QED) is 0.539. The molecule has 0 saturated carbocycles. The minimum Gasteiger partial charge on any atom is -0.462 e.